The van der Waals surface area contributed by atoms with Crippen molar-refractivity contribution in [1.29, 1.82) is 0 Å². The van der Waals surface area contributed by atoms with Gasteiger partial charge in [-0.05, 0) is 38.5 Å². The Morgan fingerprint density at radius 1 is 1.32 bits per heavy atom. The zero-order valence-corrected chi connectivity index (χ0v) is 17.9. The van der Waals surface area contributed by atoms with Gasteiger partial charge in [-0.2, -0.15) is 0 Å². The summed E-state index contributed by atoms with van der Waals surface area (Å²) in [5.41, 5.74) is -0.520. The minimum Gasteiger partial charge on any atom is -0.481 e. The highest BCUT2D eigenvalue weighted by molar-refractivity contribution is 8.01. The van der Waals surface area contributed by atoms with Gasteiger partial charge in [0, 0.05) is 18.9 Å². The van der Waals surface area contributed by atoms with Crippen LogP contribution in [0.4, 0.5) is 9.93 Å². The Labute approximate surface area is 174 Å². The van der Waals surface area contributed by atoms with Crippen LogP contribution in [0, 0.1) is 0 Å². The Morgan fingerprint density at radius 2 is 2.04 bits per heavy atom. The number of carbonyl (C=O) groups is 2. The van der Waals surface area contributed by atoms with Crippen molar-refractivity contribution in [3.8, 4) is 0 Å². The van der Waals surface area contributed by atoms with Crippen LogP contribution in [0.3, 0.4) is 0 Å². The SMILES string of the molecule is COC1(N(C(=O)Nc2ncc(SCCC(=O)O)s2)C2CCCC2)CCCCC1. The van der Waals surface area contributed by atoms with Crippen LogP contribution in [-0.4, -0.2) is 51.6 Å². The molecule has 2 aliphatic rings. The Morgan fingerprint density at radius 3 is 2.68 bits per heavy atom. The van der Waals surface area contributed by atoms with E-state index in [0.29, 0.717) is 10.9 Å². The van der Waals surface area contributed by atoms with E-state index >= 15 is 0 Å². The zero-order chi connectivity index (χ0) is 20.0. The number of hydrogen-bond donors (Lipinski definition) is 2. The molecule has 2 amide bonds. The lowest BCUT2D eigenvalue weighted by Gasteiger charge is -2.47. The molecule has 156 valence electrons. The zero-order valence-electron chi connectivity index (χ0n) is 16.3. The third kappa shape index (κ3) is 5.18. The van der Waals surface area contributed by atoms with Crippen molar-refractivity contribution in [2.24, 2.45) is 0 Å². The lowest BCUT2D eigenvalue weighted by Crippen LogP contribution is -2.59. The van der Waals surface area contributed by atoms with Gasteiger partial charge in [0.05, 0.1) is 16.8 Å². The maximum atomic E-state index is 13.3. The molecule has 1 aromatic rings. The fourth-order valence-electron chi connectivity index (χ4n) is 4.27. The number of rotatable bonds is 8. The van der Waals surface area contributed by atoms with Crippen LogP contribution in [0.25, 0.3) is 0 Å². The number of aliphatic carboxylic acids is 1. The molecule has 0 saturated heterocycles. The molecule has 28 heavy (non-hydrogen) atoms. The molecule has 2 saturated carbocycles. The van der Waals surface area contributed by atoms with Crippen molar-refractivity contribution in [3.63, 3.8) is 0 Å². The molecular formula is C19H29N3O4S2. The number of thioether (sulfide) groups is 1. The van der Waals surface area contributed by atoms with Gasteiger partial charge >= 0.3 is 12.0 Å². The van der Waals surface area contributed by atoms with E-state index in [-0.39, 0.29) is 18.5 Å². The molecule has 2 N–H and O–H groups in total. The lowest BCUT2D eigenvalue weighted by atomic mass is 9.89. The number of aromatic nitrogens is 1. The molecule has 9 heteroatoms. The number of carboxylic acids is 1. The van der Waals surface area contributed by atoms with Gasteiger partial charge in [0.2, 0.25) is 0 Å². The summed E-state index contributed by atoms with van der Waals surface area (Å²) in [7, 11) is 1.72. The largest absolute Gasteiger partial charge is 0.481 e. The van der Waals surface area contributed by atoms with E-state index in [9.17, 15) is 9.59 Å². The number of thiazole rings is 1. The number of nitrogens with zero attached hydrogens (tertiary/aromatic N) is 2. The summed E-state index contributed by atoms with van der Waals surface area (Å²) < 4.78 is 6.89. The Balaban J connectivity index is 1.69. The van der Waals surface area contributed by atoms with Gasteiger partial charge in [-0.1, -0.05) is 30.6 Å². The second-order valence-corrected chi connectivity index (χ2v) is 9.85. The van der Waals surface area contributed by atoms with Crippen molar-refractivity contribution in [2.75, 3.05) is 18.2 Å². The number of urea groups is 1. The van der Waals surface area contributed by atoms with Crippen molar-refractivity contribution < 1.29 is 19.4 Å². The van der Waals surface area contributed by atoms with E-state index in [1.807, 2.05) is 4.90 Å². The van der Waals surface area contributed by atoms with Crippen molar-refractivity contribution in [2.45, 2.75) is 80.2 Å². The first-order valence-corrected chi connectivity index (χ1v) is 11.8. The van der Waals surface area contributed by atoms with Crippen LogP contribution < -0.4 is 5.32 Å². The highest BCUT2D eigenvalue weighted by atomic mass is 32.2. The summed E-state index contributed by atoms with van der Waals surface area (Å²) in [5, 5.41) is 12.3. The lowest BCUT2D eigenvalue weighted by molar-refractivity contribution is -0.146. The smallest absolute Gasteiger partial charge is 0.326 e. The fourth-order valence-corrected chi connectivity index (χ4v) is 6.14. The molecule has 0 radical (unpaired) electrons. The topological polar surface area (TPSA) is 91.8 Å². The molecule has 1 heterocycles. The van der Waals surface area contributed by atoms with E-state index in [4.69, 9.17) is 9.84 Å². The van der Waals surface area contributed by atoms with Gasteiger partial charge in [-0.3, -0.25) is 15.0 Å². The summed E-state index contributed by atoms with van der Waals surface area (Å²) in [4.78, 5) is 30.2. The minimum atomic E-state index is -0.810. The Bertz CT molecular complexity index is 670. The molecule has 0 spiro atoms. The third-order valence-corrected chi connectivity index (χ3v) is 7.73. The standard InChI is InChI=1S/C19H29N3O4S2/c1-26-19(10-5-2-6-11-19)22(14-7-3-4-8-14)18(25)21-17-20-13-16(28-17)27-12-9-15(23)24/h13-14H,2-12H2,1H3,(H,23,24)(H,20,21,25). The quantitative estimate of drug-likeness (QED) is 0.458. The number of hydrogen-bond acceptors (Lipinski definition) is 6. The maximum Gasteiger partial charge on any atom is 0.326 e. The molecule has 2 aliphatic carbocycles. The van der Waals surface area contributed by atoms with Crippen LogP contribution in [0.1, 0.15) is 64.2 Å². The summed E-state index contributed by atoms with van der Waals surface area (Å²) in [6.45, 7) is 0. The first-order valence-electron chi connectivity index (χ1n) is 10.00. The number of amides is 2. The van der Waals surface area contributed by atoms with Gasteiger partial charge in [0.15, 0.2) is 5.13 Å². The van der Waals surface area contributed by atoms with Crippen molar-refractivity contribution >= 4 is 40.2 Å². The van der Waals surface area contributed by atoms with E-state index < -0.39 is 11.7 Å². The van der Waals surface area contributed by atoms with E-state index in [1.54, 1.807) is 13.3 Å². The molecule has 0 bridgehead atoms. The number of anilines is 1. The van der Waals surface area contributed by atoms with Gasteiger partial charge in [0.1, 0.15) is 5.72 Å². The van der Waals surface area contributed by atoms with Gasteiger partial charge in [0.25, 0.3) is 0 Å². The molecule has 3 rings (SSSR count). The number of carbonyl (C=O) groups excluding carboxylic acids is 1. The van der Waals surface area contributed by atoms with Gasteiger partial charge in [-0.15, -0.1) is 11.8 Å². The number of nitrogens with one attached hydrogen (secondary N) is 1. The Kier molecular flexibility index (Phi) is 7.59. The molecule has 7 nitrogen and oxygen atoms in total. The van der Waals surface area contributed by atoms with Gasteiger partial charge in [-0.25, -0.2) is 9.78 Å². The predicted octanol–water partition coefficient (Wildman–Crippen LogP) is 4.79. The molecule has 2 fully saturated rings. The predicted molar refractivity (Wildman–Crippen MR) is 111 cm³/mol. The second-order valence-electron chi connectivity index (χ2n) is 7.43. The van der Waals surface area contributed by atoms with E-state index in [1.165, 1.54) is 29.5 Å². The number of carboxylic acid groups (broad SMARTS) is 1. The first kappa shape index (κ1) is 21.4. The van der Waals surface area contributed by atoms with Gasteiger partial charge < -0.3 is 9.84 Å². The highest BCUT2D eigenvalue weighted by Crippen LogP contribution is 2.40. The van der Waals surface area contributed by atoms with Crippen LogP contribution in [0.15, 0.2) is 10.4 Å². The third-order valence-electron chi connectivity index (χ3n) is 5.62. The summed E-state index contributed by atoms with van der Waals surface area (Å²) >= 11 is 2.83. The van der Waals surface area contributed by atoms with Crippen LogP contribution in [0.2, 0.25) is 0 Å². The van der Waals surface area contributed by atoms with Crippen LogP contribution in [0.5, 0.6) is 0 Å². The molecule has 1 aromatic heterocycles. The van der Waals surface area contributed by atoms with E-state index in [0.717, 1.165) is 55.6 Å². The normalized spacial score (nSPS) is 19.5. The molecular weight excluding hydrogens is 398 g/mol. The van der Waals surface area contributed by atoms with Crippen LogP contribution >= 0.6 is 23.1 Å². The van der Waals surface area contributed by atoms with Crippen molar-refractivity contribution in [3.05, 3.63) is 6.20 Å². The first-order chi connectivity index (χ1) is 13.5. The van der Waals surface area contributed by atoms with Crippen LogP contribution in [-0.2, 0) is 9.53 Å². The monoisotopic (exact) mass is 427 g/mol. The molecule has 0 aromatic carbocycles. The minimum absolute atomic E-state index is 0.107. The maximum absolute atomic E-state index is 13.3. The molecule has 0 atom stereocenters. The Hall–Kier alpha value is -1.32. The number of ether oxygens (including phenoxy) is 1. The van der Waals surface area contributed by atoms with E-state index in [2.05, 4.69) is 10.3 Å². The average Bonchev–Trinajstić information content (AvgIpc) is 3.35. The van der Waals surface area contributed by atoms with Crippen molar-refractivity contribution in [1.82, 2.24) is 9.88 Å². The second kappa shape index (κ2) is 9.93. The highest BCUT2D eigenvalue weighted by Gasteiger charge is 2.45. The summed E-state index contributed by atoms with van der Waals surface area (Å²) in [6, 6.07) is 0.0783. The molecule has 0 unspecified atom stereocenters. The summed E-state index contributed by atoms with van der Waals surface area (Å²) in [5.74, 6) is -0.318. The fraction of sp³-hybridized carbons (Fsp3) is 0.737. The summed E-state index contributed by atoms with van der Waals surface area (Å²) in [6.07, 6.45) is 11.2. The number of methoxy groups -OCH3 is 1. The average molecular weight is 428 g/mol. The molecule has 0 aliphatic heterocycles.